The molecule has 0 aliphatic heterocycles. The number of rotatable bonds is 2. The molecular formula is C8H6ClF3O3S. The number of alkyl halides is 3. The average molecular weight is 275 g/mol. The Morgan fingerprint density at radius 3 is 2.31 bits per heavy atom. The quantitative estimate of drug-likeness (QED) is 0.843. The summed E-state index contributed by atoms with van der Waals surface area (Å²) in [5.74, 6) is -1.40. The van der Waals surface area contributed by atoms with Crippen LogP contribution >= 0.6 is 10.7 Å². The summed E-state index contributed by atoms with van der Waals surface area (Å²) in [6.45, 7) is 0. The molecule has 0 heterocycles. The molecule has 90 valence electrons. The smallest absolute Gasteiger partial charge is 0.416 e. The van der Waals surface area contributed by atoms with Gasteiger partial charge in [-0.25, -0.2) is 8.42 Å². The number of phenolic OH excluding ortho intramolecular Hbond substituents is 1. The van der Waals surface area contributed by atoms with Crippen LogP contribution in [0.3, 0.4) is 0 Å². The van der Waals surface area contributed by atoms with Gasteiger partial charge in [-0.2, -0.15) is 13.2 Å². The molecule has 0 bridgehead atoms. The molecule has 0 aliphatic rings. The van der Waals surface area contributed by atoms with Crippen molar-refractivity contribution in [2.75, 3.05) is 0 Å². The Kier molecular flexibility index (Phi) is 3.39. The maximum atomic E-state index is 12.3. The summed E-state index contributed by atoms with van der Waals surface area (Å²) in [6, 6.07) is 1.98. The molecule has 0 aliphatic carbocycles. The van der Waals surface area contributed by atoms with Gasteiger partial charge in [-0.05, 0) is 18.2 Å². The molecule has 1 N–H and O–H groups in total. The van der Waals surface area contributed by atoms with Gasteiger partial charge in [0.2, 0.25) is 9.05 Å². The Labute approximate surface area is 93.9 Å². The molecule has 0 radical (unpaired) electrons. The fourth-order valence-electron chi connectivity index (χ4n) is 1.06. The second kappa shape index (κ2) is 4.14. The highest BCUT2D eigenvalue weighted by molar-refractivity contribution is 8.13. The molecule has 0 unspecified atom stereocenters. The van der Waals surface area contributed by atoms with E-state index >= 15 is 0 Å². The van der Waals surface area contributed by atoms with Gasteiger partial charge in [-0.15, -0.1) is 0 Å². The van der Waals surface area contributed by atoms with E-state index in [1.807, 2.05) is 0 Å². The minimum Gasteiger partial charge on any atom is -0.508 e. The third kappa shape index (κ3) is 3.57. The third-order valence-corrected chi connectivity index (χ3v) is 2.72. The van der Waals surface area contributed by atoms with E-state index in [0.717, 1.165) is 6.07 Å². The second-order valence-electron chi connectivity index (χ2n) is 3.02. The van der Waals surface area contributed by atoms with E-state index in [1.54, 1.807) is 0 Å². The van der Waals surface area contributed by atoms with Gasteiger partial charge in [0.05, 0.1) is 11.3 Å². The molecule has 0 fully saturated rings. The first-order chi connectivity index (χ1) is 7.09. The molecular weight excluding hydrogens is 269 g/mol. The predicted octanol–water partition coefficient (Wildman–Crippen LogP) is 2.48. The molecule has 1 aromatic carbocycles. The Morgan fingerprint density at radius 1 is 1.31 bits per heavy atom. The molecule has 3 nitrogen and oxygen atoms in total. The number of benzene rings is 1. The predicted molar refractivity (Wildman–Crippen MR) is 51.6 cm³/mol. The van der Waals surface area contributed by atoms with E-state index in [4.69, 9.17) is 10.7 Å². The molecule has 16 heavy (non-hydrogen) atoms. The molecule has 8 heteroatoms. The highest BCUT2D eigenvalue weighted by atomic mass is 35.7. The minimum absolute atomic E-state index is 0.384. The van der Waals surface area contributed by atoms with Crippen molar-refractivity contribution in [3.8, 4) is 5.75 Å². The van der Waals surface area contributed by atoms with E-state index in [1.165, 1.54) is 0 Å². The SMILES string of the molecule is O=S(=O)(Cl)Cc1cc(C(F)(F)F)ccc1O. The molecule has 0 aromatic heterocycles. The van der Waals surface area contributed by atoms with Crippen LogP contribution in [0, 0.1) is 0 Å². The Morgan fingerprint density at radius 2 is 1.88 bits per heavy atom. The highest BCUT2D eigenvalue weighted by Crippen LogP contribution is 2.33. The third-order valence-electron chi connectivity index (χ3n) is 1.73. The highest BCUT2D eigenvalue weighted by Gasteiger charge is 2.31. The van der Waals surface area contributed by atoms with E-state index in [2.05, 4.69) is 0 Å². The molecule has 1 rings (SSSR count). The van der Waals surface area contributed by atoms with E-state index < -0.39 is 32.3 Å². The zero-order valence-electron chi connectivity index (χ0n) is 7.62. The van der Waals surface area contributed by atoms with Gasteiger partial charge in [-0.1, -0.05) is 0 Å². The summed E-state index contributed by atoms with van der Waals surface area (Å²) < 4.78 is 58.2. The van der Waals surface area contributed by atoms with Gasteiger partial charge >= 0.3 is 6.18 Å². The number of aromatic hydroxyl groups is 1. The lowest BCUT2D eigenvalue weighted by molar-refractivity contribution is -0.137. The van der Waals surface area contributed by atoms with Crippen LogP contribution in [0.4, 0.5) is 13.2 Å². The van der Waals surface area contributed by atoms with Gasteiger partial charge < -0.3 is 5.11 Å². The van der Waals surface area contributed by atoms with Crippen molar-refractivity contribution < 1.29 is 26.7 Å². The summed E-state index contributed by atoms with van der Waals surface area (Å²) in [5, 5.41) is 9.17. The van der Waals surface area contributed by atoms with Crippen LogP contribution in [0.15, 0.2) is 18.2 Å². The molecule has 0 saturated heterocycles. The van der Waals surface area contributed by atoms with Crippen molar-refractivity contribution in [2.45, 2.75) is 11.9 Å². The summed E-state index contributed by atoms with van der Waals surface area (Å²) in [4.78, 5) is 0. The van der Waals surface area contributed by atoms with Gasteiger partial charge in [0, 0.05) is 16.2 Å². The summed E-state index contributed by atoms with van der Waals surface area (Å²) in [7, 11) is 0.869. The van der Waals surface area contributed by atoms with Crippen LogP contribution in [-0.4, -0.2) is 13.5 Å². The van der Waals surface area contributed by atoms with Crippen molar-refractivity contribution in [3.63, 3.8) is 0 Å². The summed E-state index contributed by atoms with van der Waals surface area (Å²) in [6.07, 6.45) is -4.60. The van der Waals surface area contributed by atoms with Crippen molar-refractivity contribution in [3.05, 3.63) is 29.3 Å². The largest absolute Gasteiger partial charge is 0.508 e. The second-order valence-corrected chi connectivity index (χ2v) is 5.80. The number of halogens is 4. The molecule has 0 saturated carbocycles. The zero-order valence-corrected chi connectivity index (χ0v) is 9.20. The normalized spacial score (nSPS) is 12.8. The number of hydrogen-bond acceptors (Lipinski definition) is 3. The van der Waals surface area contributed by atoms with Gasteiger partial charge in [0.25, 0.3) is 0 Å². The van der Waals surface area contributed by atoms with Crippen LogP contribution in [0.25, 0.3) is 0 Å². The van der Waals surface area contributed by atoms with E-state index in [-0.39, 0.29) is 5.56 Å². The van der Waals surface area contributed by atoms with Crippen LogP contribution < -0.4 is 0 Å². The van der Waals surface area contributed by atoms with Crippen molar-refractivity contribution in [2.24, 2.45) is 0 Å². The lowest BCUT2D eigenvalue weighted by Crippen LogP contribution is -2.06. The maximum absolute atomic E-state index is 12.3. The molecule has 0 spiro atoms. The molecule has 0 atom stereocenters. The molecule has 1 aromatic rings. The van der Waals surface area contributed by atoms with Crippen LogP contribution in [-0.2, 0) is 21.0 Å². The summed E-state index contributed by atoms with van der Waals surface area (Å²) in [5.41, 5.74) is -1.43. The monoisotopic (exact) mass is 274 g/mol. The zero-order chi connectivity index (χ0) is 12.6. The van der Waals surface area contributed by atoms with Crippen LogP contribution in [0.5, 0.6) is 5.75 Å². The van der Waals surface area contributed by atoms with Crippen molar-refractivity contribution in [1.82, 2.24) is 0 Å². The Balaban J connectivity index is 3.20. The van der Waals surface area contributed by atoms with Gasteiger partial charge in [0.15, 0.2) is 0 Å². The van der Waals surface area contributed by atoms with E-state index in [9.17, 15) is 26.7 Å². The van der Waals surface area contributed by atoms with Crippen molar-refractivity contribution in [1.29, 1.82) is 0 Å². The lowest BCUT2D eigenvalue weighted by atomic mass is 10.1. The minimum atomic E-state index is -4.60. The first-order valence-corrected chi connectivity index (χ1v) is 6.39. The lowest BCUT2D eigenvalue weighted by Gasteiger charge is -2.09. The first kappa shape index (κ1) is 13.1. The fraction of sp³-hybridized carbons (Fsp3) is 0.250. The van der Waals surface area contributed by atoms with Crippen LogP contribution in [0.1, 0.15) is 11.1 Å². The van der Waals surface area contributed by atoms with Gasteiger partial charge in [-0.3, -0.25) is 0 Å². The number of hydrogen-bond donors (Lipinski definition) is 1. The Bertz CT molecular complexity index is 496. The Hall–Kier alpha value is -0.950. The van der Waals surface area contributed by atoms with E-state index in [0.29, 0.717) is 12.1 Å². The number of phenols is 1. The molecule has 0 amide bonds. The fourth-order valence-corrected chi connectivity index (χ4v) is 2.02. The van der Waals surface area contributed by atoms with Gasteiger partial charge in [0.1, 0.15) is 5.75 Å². The summed E-state index contributed by atoms with van der Waals surface area (Å²) >= 11 is 0. The average Bonchev–Trinajstić information content (AvgIpc) is 2.04. The maximum Gasteiger partial charge on any atom is 0.416 e. The van der Waals surface area contributed by atoms with Crippen molar-refractivity contribution >= 4 is 19.7 Å². The van der Waals surface area contributed by atoms with Crippen LogP contribution in [0.2, 0.25) is 0 Å². The topological polar surface area (TPSA) is 54.4 Å². The standard InChI is InChI=1S/C8H6ClF3O3S/c9-16(14,15)4-5-3-6(8(10,11)12)1-2-7(5)13/h1-3,13H,4H2. The first-order valence-electron chi connectivity index (χ1n) is 3.91.